The summed E-state index contributed by atoms with van der Waals surface area (Å²) in [6.45, 7) is 6.14. The SMILES string of the molecule is CCCOC1CCC(C2CCC3(CC2)C(=O)C2(CCC(C4CCC(OCCC)CC4)CC2)C3=O)CC1. The molecule has 4 heteroatoms. The van der Waals surface area contributed by atoms with Crippen LogP contribution >= 0.6 is 0 Å². The number of Topliss-reactive ketones (excluding diaryl/α,β-unsaturated/α-hetero) is 2. The minimum atomic E-state index is -0.584. The molecule has 5 aliphatic rings. The standard InChI is InChI=1S/C32H52O4/c1-3-21-35-27-9-5-23(6-10-27)25-13-17-31(18-14-25)29(33)32(30(31)34)19-15-26(16-20-32)24-7-11-28(12-8-24)36-22-4-2/h23-28H,3-22H2,1-2H3. The monoisotopic (exact) mass is 500 g/mol. The average molecular weight is 501 g/mol. The second-order valence-corrected chi connectivity index (χ2v) is 13.3. The normalized spacial score (nSPS) is 43.6. The maximum absolute atomic E-state index is 13.7. The van der Waals surface area contributed by atoms with Gasteiger partial charge in [-0.15, -0.1) is 0 Å². The Hall–Kier alpha value is -0.740. The van der Waals surface area contributed by atoms with Crippen molar-refractivity contribution in [3.05, 3.63) is 0 Å². The van der Waals surface area contributed by atoms with Gasteiger partial charge in [0.25, 0.3) is 0 Å². The highest BCUT2D eigenvalue weighted by Gasteiger charge is 2.71. The van der Waals surface area contributed by atoms with Crippen LogP contribution in [-0.2, 0) is 19.1 Å². The second kappa shape index (κ2) is 11.6. The lowest BCUT2D eigenvalue weighted by Crippen LogP contribution is -2.68. The van der Waals surface area contributed by atoms with Gasteiger partial charge >= 0.3 is 0 Å². The summed E-state index contributed by atoms with van der Waals surface area (Å²) in [6.07, 6.45) is 20.7. The van der Waals surface area contributed by atoms with Crippen molar-refractivity contribution >= 4 is 11.6 Å². The molecule has 204 valence electrons. The Labute approximate surface area is 220 Å². The Kier molecular flexibility index (Phi) is 8.62. The molecule has 0 atom stereocenters. The number of ketones is 2. The van der Waals surface area contributed by atoms with Crippen LogP contribution in [0, 0.1) is 34.5 Å². The predicted octanol–water partition coefficient (Wildman–Crippen LogP) is 7.46. The van der Waals surface area contributed by atoms with Crippen LogP contribution in [0.3, 0.4) is 0 Å². The maximum atomic E-state index is 13.7. The van der Waals surface area contributed by atoms with Gasteiger partial charge < -0.3 is 9.47 Å². The van der Waals surface area contributed by atoms with E-state index in [1.165, 1.54) is 51.4 Å². The van der Waals surface area contributed by atoms with Crippen molar-refractivity contribution in [3.8, 4) is 0 Å². The Morgan fingerprint density at radius 2 is 0.833 bits per heavy atom. The van der Waals surface area contributed by atoms with Gasteiger partial charge in [-0.3, -0.25) is 9.59 Å². The van der Waals surface area contributed by atoms with Crippen LogP contribution < -0.4 is 0 Å². The summed E-state index contributed by atoms with van der Waals surface area (Å²) in [4.78, 5) is 27.4. The molecule has 0 unspecified atom stereocenters. The number of hydrogen-bond acceptors (Lipinski definition) is 4. The van der Waals surface area contributed by atoms with E-state index in [0.717, 1.165) is 89.3 Å². The molecule has 0 saturated heterocycles. The van der Waals surface area contributed by atoms with E-state index in [-0.39, 0.29) is 0 Å². The van der Waals surface area contributed by atoms with Gasteiger partial charge in [0, 0.05) is 13.2 Å². The molecule has 2 spiro atoms. The average Bonchev–Trinajstić information content (AvgIpc) is 2.95. The third-order valence-electron chi connectivity index (χ3n) is 11.4. The molecule has 0 bridgehead atoms. The van der Waals surface area contributed by atoms with Gasteiger partial charge in [-0.05, 0) is 139 Å². The largest absolute Gasteiger partial charge is 0.378 e. The fourth-order valence-electron chi connectivity index (χ4n) is 9.20. The van der Waals surface area contributed by atoms with Crippen molar-refractivity contribution in [1.29, 1.82) is 0 Å². The molecular weight excluding hydrogens is 448 g/mol. The predicted molar refractivity (Wildman–Crippen MR) is 143 cm³/mol. The van der Waals surface area contributed by atoms with E-state index in [2.05, 4.69) is 13.8 Å². The summed E-state index contributed by atoms with van der Waals surface area (Å²) in [7, 11) is 0. The van der Waals surface area contributed by atoms with Crippen molar-refractivity contribution in [3.63, 3.8) is 0 Å². The topological polar surface area (TPSA) is 52.6 Å². The molecule has 5 rings (SSSR count). The Morgan fingerprint density at radius 1 is 0.528 bits per heavy atom. The van der Waals surface area contributed by atoms with Crippen LogP contribution in [-0.4, -0.2) is 37.0 Å². The number of carbonyl (C=O) groups is 2. The van der Waals surface area contributed by atoms with Gasteiger partial charge in [0.05, 0.1) is 23.0 Å². The van der Waals surface area contributed by atoms with Crippen molar-refractivity contribution in [2.75, 3.05) is 13.2 Å². The molecule has 0 aliphatic heterocycles. The summed E-state index contributed by atoms with van der Waals surface area (Å²) < 4.78 is 12.0. The lowest BCUT2D eigenvalue weighted by Gasteiger charge is -2.58. The van der Waals surface area contributed by atoms with E-state index < -0.39 is 10.8 Å². The summed E-state index contributed by atoms with van der Waals surface area (Å²) in [5.74, 6) is 3.72. The lowest BCUT2D eigenvalue weighted by atomic mass is 9.41. The first-order valence-electron chi connectivity index (χ1n) is 15.9. The van der Waals surface area contributed by atoms with Gasteiger partial charge in [0.15, 0.2) is 11.6 Å². The molecule has 0 aromatic rings. The quantitative estimate of drug-likeness (QED) is 0.325. The van der Waals surface area contributed by atoms with Gasteiger partial charge in [0.2, 0.25) is 0 Å². The number of hydrogen-bond donors (Lipinski definition) is 0. The molecule has 5 fully saturated rings. The first-order chi connectivity index (χ1) is 17.5. The van der Waals surface area contributed by atoms with Crippen molar-refractivity contribution in [2.45, 2.75) is 142 Å². The minimum Gasteiger partial charge on any atom is -0.378 e. The molecular formula is C32H52O4. The molecule has 4 nitrogen and oxygen atoms in total. The van der Waals surface area contributed by atoms with Gasteiger partial charge in [-0.1, -0.05) is 13.8 Å². The summed E-state index contributed by atoms with van der Waals surface area (Å²) in [5, 5.41) is 0. The Bertz CT molecular complexity index is 662. The van der Waals surface area contributed by atoms with Crippen LogP contribution in [0.4, 0.5) is 0 Å². The smallest absolute Gasteiger partial charge is 0.159 e. The number of carbonyl (C=O) groups excluding carboxylic acids is 2. The van der Waals surface area contributed by atoms with E-state index in [9.17, 15) is 9.59 Å². The fraction of sp³-hybridized carbons (Fsp3) is 0.938. The molecule has 0 aromatic carbocycles. The highest BCUT2D eigenvalue weighted by atomic mass is 16.5. The van der Waals surface area contributed by atoms with Crippen molar-refractivity contribution in [1.82, 2.24) is 0 Å². The first kappa shape index (κ1) is 26.9. The molecule has 0 heterocycles. The summed E-state index contributed by atoms with van der Waals surface area (Å²) in [5.41, 5.74) is -1.17. The zero-order chi connectivity index (χ0) is 25.2. The Balaban J connectivity index is 1.07. The second-order valence-electron chi connectivity index (χ2n) is 13.3. The molecule has 0 radical (unpaired) electrons. The zero-order valence-electron chi connectivity index (χ0n) is 23.2. The molecule has 0 N–H and O–H groups in total. The maximum Gasteiger partial charge on any atom is 0.159 e. The summed E-state index contributed by atoms with van der Waals surface area (Å²) in [6, 6.07) is 0. The van der Waals surface area contributed by atoms with Crippen LogP contribution in [0.15, 0.2) is 0 Å². The number of ether oxygens (including phenoxy) is 2. The van der Waals surface area contributed by atoms with Crippen LogP contribution in [0.2, 0.25) is 0 Å². The van der Waals surface area contributed by atoms with Gasteiger partial charge in [0.1, 0.15) is 0 Å². The highest BCUT2D eigenvalue weighted by molar-refractivity contribution is 6.30. The first-order valence-corrected chi connectivity index (χ1v) is 15.9. The third kappa shape index (κ3) is 4.99. The van der Waals surface area contributed by atoms with Gasteiger partial charge in [-0.25, -0.2) is 0 Å². The molecule has 5 aliphatic carbocycles. The van der Waals surface area contributed by atoms with Crippen LogP contribution in [0.5, 0.6) is 0 Å². The van der Waals surface area contributed by atoms with Crippen molar-refractivity contribution < 1.29 is 19.1 Å². The molecule has 5 saturated carbocycles. The minimum absolute atomic E-state index is 0.366. The third-order valence-corrected chi connectivity index (χ3v) is 11.4. The summed E-state index contributed by atoms with van der Waals surface area (Å²) >= 11 is 0. The molecule has 36 heavy (non-hydrogen) atoms. The van der Waals surface area contributed by atoms with E-state index >= 15 is 0 Å². The number of rotatable bonds is 8. The highest BCUT2D eigenvalue weighted by Crippen LogP contribution is 2.62. The Morgan fingerprint density at radius 3 is 1.14 bits per heavy atom. The van der Waals surface area contributed by atoms with E-state index in [0.29, 0.717) is 35.6 Å². The lowest BCUT2D eigenvalue weighted by molar-refractivity contribution is -0.179. The van der Waals surface area contributed by atoms with Gasteiger partial charge in [-0.2, -0.15) is 0 Å². The van der Waals surface area contributed by atoms with Crippen LogP contribution in [0.25, 0.3) is 0 Å². The molecule has 0 amide bonds. The van der Waals surface area contributed by atoms with Crippen LogP contribution in [0.1, 0.15) is 129 Å². The zero-order valence-corrected chi connectivity index (χ0v) is 23.2. The fourth-order valence-corrected chi connectivity index (χ4v) is 9.20. The van der Waals surface area contributed by atoms with E-state index in [4.69, 9.17) is 9.47 Å². The van der Waals surface area contributed by atoms with E-state index in [1.807, 2.05) is 0 Å². The van der Waals surface area contributed by atoms with Crippen molar-refractivity contribution in [2.24, 2.45) is 34.5 Å². The van der Waals surface area contributed by atoms with E-state index in [1.54, 1.807) is 0 Å². The molecule has 0 aromatic heterocycles.